The highest BCUT2D eigenvalue weighted by atomic mass is 16.2. The van der Waals surface area contributed by atoms with Crippen molar-refractivity contribution in [2.45, 2.75) is 32.6 Å². The van der Waals surface area contributed by atoms with Crippen molar-refractivity contribution in [3.8, 4) is 0 Å². The maximum absolute atomic E-state index is 12.1. The van der Waals surface area contributed by atoms with E-state index in [0.29, 0.717) is 6.42 Å². The second-order valence-corrected chi connectivity index (χ2v) is 4.50. The number of unbranched alkanes of at least 4 members (excludes halogenated alkanes) is 2. The lowest BCUT2D eigenvalue weighted by Crippen LogP contribution is -2.42. The van der Waals surface area contributed by atoms with E-state index < -0.39 is 0 Å². The SMILES string of the molecule is CCCCCC(=O)N1CC(=O)Nc2ccccc21. The van der Waals surface area contributed by atoms with Gasteiger partial charge in [-0.3, -0.25) is 9.59 Å². The third kappa shape index (κ3) is 2.70. The summed E-state index contributed by atoms with van der Waals surface area (Å²) in [5, 5.41) is 2.78. The predicted octanol–water partition coefficient (Wildman–Crippen LogP) is 2.55. The van der Waals surface area contributed by atoms with Gasteiger partial charge in [0.1, 0.15) is 6.54 Å². The number of hydrogen-bond donors (Lipinski definition) is 1. The van der Waals surface area contributed by atoms with Crippen LogP contribution in [0.15, 0.2) is 24.3 Å². The molecular weight excluding hydrogens is 228 g/mol. The minimum absolute atomic E-state index is 0.0331. The molecule has 1 aromatic rings. The molecule has 2 rings (SSSR count). The third-order valence-corrected chi connectivity index (χ3v) is 3.07. The van der Waals surface area contributed by atoms with Gasteiger partial charge >= 0.3 is 0 Å². The summed E-state index contributed by atoms with van der Waals surface area (Å²) in [5.74, 6) is -0.0942. The lowest BCUT2D eigenvalue weighted by atomic mass is 10.1. The van der Waals surface area contributed by atoms with Gasteiger partial charge in [0.2, 0.25) is 11.8 Å². The Labute approximate surface area is 107 Å². The second kappa shape index (κ2) is 5.67. The van der Waals surface area contributed by atoms with Crippen LogP contribution in [0.2, 0.25) is 0 Å². The van der Waals surface area contributed by atoms with E-state index in [9.17, 15) is 9.59 Å². The molecule has 2 amide bonds. The van der Waals surface area contributed by atoms with Crippen LogP contribution in [-0.4, -0.2) is 18.4 Å². The molecule has 0 saturated carbocycles. The van der Waals surface area contributed by atoms with Gasteiger partial charge in [-0.05, 0) is 18.6 Å². The number of amides is 2. The Bertz CT molecular complexity index is 457. The van der Waals surface area contributed by atoms with Gasteiger partial charge in [-0.15, -0.1) is 0 Å². The van der Waals surface area contributed by atoms with E-state index in [2.05, 4.69) is 12.2 Å². The first-order chi connectivity index (χ1) is 8.72. The number of fused-ring (bicyclic) bond motifs is 1. The van der Waals surface area contributed by atoms with Gasteiger partial charge in [-0.1, -0.05) is 31.9 Å². The fourth-order valence-corrected chi connectivity index (χ4v) is 2.12. The molecule has 1 heterocycles. The Morgan fingerprint density at radius 3 is 2.89 bits per heavy atom. The van der Waals surface area contributed by atoms with Crippen molar-refractivity contribution in [2.75, 3.05) is 16.8 Å². The van der Waals surface area contributed by atoms with Crippen molar-refractivity contribution >= 4 is 23.2 Å². The first kappa shape index (κ1) is 12.6. The van der Waals surface area contributed by atoms with Gasteiger partial charge in [0.15, 0.2) is 0 Å². The molecule has 1 N–H and O–H groups in total. The third-order valence-electron chi connectivity index (χ3n) is 3.07. The highest BCUT2D eigenvalue weighted by Gasteiger charge is 2.25. The number of para-hydroxylation sites is 2. The van der Waals surface area contributed by atoms with Crippen LogP contribution in [0, 0.1) is 0 Å². The molecule has 0 bridgehead atoms. The topological polar surface area (TPSA) is 49.4 Å². The molecule has 1 aliphatic heterocycles. The standard InChI is InChI=1S/C14H18N2O2/c1-2-3-4-9-14(18)16-10-13(17)15-11-7-5-6-8-12(11)16/h5-8H,2-4,9-10H2,1H3,(H,15,17). The molecule has 0 fully saturated rings. The maximum atomic E-state index is 12.1. The Hall–Kier alpha value is -1.84. The van der Waals surface area contributed by atoms with Crippen LogP contribution in [0.25, 0.3) is 0 Å². The molecule has 1 aliphatic rings. The van der Waals surface area contributed by atoms with Gasteiger partial charge in [0.25, 0.3) is 0 Å². The molecule has 4 heteroatoms. The summed E-state index contributed by atoms with van der Waals surface area (Å²) in [5.41, 5.74) is 1.52. The van der Waals surface area contributed by atoms with Gasteiger partial charge in [0, 0.05) is 6.42 Å². The number of anilines is 2. The van der Waals surface area contributed by atoms with E-state index in [1.807, 2.05) is 24.3 Å². The van der Waals surface area contributed by atoms with Crippen molar-refractivity contribution in [3.63, 3.8) is 0 Å². The van der Waals surface area contributed by atoms with E-state index in [1.54, 1.807) is 4.90 Å². The molecule has 0 radical (unpaired) electrons. The van der Waals surface area contributed by atoms with Crippen molar-refractivity contribution in [1.29, 1.82) is 0 Å². The molecule has 0 unspecified atom stereocenters. The first-order valence-electron chi connectivity index (χ1n) is 6.41. The number of rotatable bonds is 4. The van der Waals surface area contributed by atoms with Crippen LogP contribution in [0.5, 0.6) is 0 Å². The fourth-order valence-electron chi connectivity index (χ4n) is 2.12. The summed E-state index contributed by atoms with van der Waals surface area (Å²) in [6, 6.07) is 7.41. The van der Waals surface area contributed by atoms with Crippen LogP contribution < -0.4 is 10.2 Å². The normalized spacial score (nSPS) is 14.1. The van der Waals surface area contributed by atoms with E-state index in [4.69, 9.17) is 0 Å². The Morgan fingerprint density at radius 1 is 1.33 bits per heavy atom. The van der Waals surface area contributed by atoms with E-state index in [-0.39, 0.29) is 18.4 Å². The quantitative estimate of drug-likeness (QED) is 0.830. The zero-order chi connectivity index (χ0) is 13.0. The zero-order valence-corrected chi connectivity index (χ0v) is 10.6. The smallest absolute Gasteiger partial charge is 0.244 e. The average Bonchev–Trinajstić information content (AvgIpc) is 2.38. The van der Waals surface area contributed by atoms with Crippen molar-refractivity contribution in [3.05, 3.63) is 24.3 Å². The summed E-state index contributed by atoms with van der Waals surface area (Å²) in [6.45, 7) is 2.23. The van der Waals surface area contributed by atoms with Gasteiger partial charge in [-0.2, -0.15) is 0 Å². The van der Waals surface area contributed by atoms with Crippen LogP contribution in [0.3, 0.4) is 0 Å². The van der Waals surface area contributed by atoms with Crippen molar-refractivity contribution < 1.29 is 9.59 Å². The minimum Gasteiger partial charge on any atom is -0.323 e. The monoisotopic (exact) mass is 246 g/mol. The summed E-state index contributed by atoms with van der Waals surface area (Å²) in [6.07, 6.45) is 3.53. The molecule has 0 aliphatic carbocycles. The van der Waals surface area contributed by atoms with Crippen LogP contribution >= 0.6 is 0 Å². The molecule has 0 aromatic heterocycles. The molecule has 0 atom stereocenters. The summed E-state index contributed by atoms with van der Waals surface area (Å²) < 4.78 is 0. The van der Waals surface area contributed by atoms with Crippen molar-refractivity contribution in [2.24, 2.45) is 0 Å². The number of nitrogens with zero attached hydrogens (tertiary/aromatic N) is 1. The molecule has 96 valence electrons. The second-order valence-electron chi connectivity index (χ2n) is 4.50. The molecule has 1 aromatic carbocycles. The van der Waals surface area contributed by atoms with Crippen LogP contribution in [-0.2, 0) is 9.59 Å². The highest BCUT2D eigenvalue weighted by Crippen LogP contribution is 2.29. The highest BCUT2D eigenvalue weighted by molar-refractivity contribution is 6.09. The molecule has 4 nitrogen and oxygen atoms in total. The summed E-state index contributed by atoms with van der Waals surface area (Å²) in [4.78, 5) is 25.3. The molecule has 0 spiro atoms. The lowest BCUT2D eigenvalue weighted by Gasteiger charge is -2.29. The summed E-state index contributed by atoms with van der Waals surface area (Å²) >= 11 is 0. The molecule has 18 heavy (non-hydrogen) atoms. The summed E-state index contributed by atoms with van der Waals surface area (Å²) in [7, 11) is 0. The lowest BCUT2D eigenvalue weighted by molar-refractivity contribution is -0.122. The largest absolute Gasteiger partial charge is 0.323 e. The Balaban J connectivity index is 2.13. The number of hydrogen-bond acceptors (Lipinski definition) is 2. The number of carbonyl (C=O) groups is 2. The van der Waals surface area contributed by atoms with E-state index >= 15 is 0 Å². The number of nitrogens with one attached hydrogen (secondary N) is 1. The maximum Gasteiger partial charge on any atom is 0.244 e. The fraction of sp³-hybridized carbons (Fsp3) is 0.429. The number of carbonyl (C=O) groups excluding carboxylic acids is 2. The Morgan fingerprint density at radius 2 is 2.11 bits per heavy atom. The van der Waals surface area contributed by atoms with Gasteiger partial charge in [-0.25, -0.2) is 0 Å². The van der Waals surface area contributed by atoms with E-state index in [0.717, 1.165) is 30.6 Å². The number of benzene rings is 1. The average molecular weight is 246 g/mol. The Kier molecular flexibility index (Phi) is 3.97. The van der Waals surface area contributed by atoms with Crippen molar-refractivity contribution in [1.82, 2.24) is 0 Å². The van der Waals surface area contributed by atoms with Crippen LogP contribution in [0.4, 0.5) is 11.4 Å². The minimum atomic E-state index is -0.127. The van der Waals surface area contributed by atoms with Crippen LogP contribution in [0.1, 0.15) is 32.6 Å². The molecule has 0 saturated heterocycles. The first-order valence-corrected chi connectivity index (χ1v) is 6.41. The van der Waals surface area contributed by atoms with Gasteiger partial charge in [0.05, 0.1) is 11.4 Å². The van der Waals surface area contributed by atoms with E-state index in [1.165, 1.54) is 0 Å². The predicted molar refractivity (Wildman–Crippen MR) is 71.6 cm³/mol. The molecular formula is C14H18N2O2. The zero-order valence-electron chi connectivity index (χ0n) is 10.6. The van der Waals surface area contributed by atoms with Gasteiger partial charge < -0.3 is 10.2 Å².